The van der Waals surface area contributed by atoms with Gasteiger partial charge in [-0.3, -0.25) is 0 Å². The van der Waals surface area contributed by atoms with Crippen molar-refractivity contribution in [2.24, 2.45) is 0 Å². The highest BCUT2D eigenvalue weighted by atomic mass is 19.1. The number of anilines is 1. The Kier molecular flexibility index (Phi) is 3.27. The average Bonchev–Trinajstić information content (AvgIpc) is 2.52. The van der Waals surface area contributed by atoms with Gasteiger partial charge < -0.3 is 19.8 Å². The zero-order valence-electron chi connectivity index (χ0n) is 11.9. The molecule has 0 aromatic heterocycles. The third-order valence-electron chi connectivity index (χ3n) is 3.86. The molecule has 0 aliphatic carbocycles. The molecule has 1 aromatic rings. The van der Waals surface area contributed by atoms with Crippen LogP contribution in [0.3, 0.4) is 0 Å². The number of nitrogens with two attached hydrogens (primary N) is 1. The molecule has 0 amide bonds. The minimum Gasteiger partial charge on any atom is -0.495 e. The van der Waals surface area contributed by atoms with Gasteiger partial charge in [0.05, 0.1) is 18.3 Å². The Labute approximate surface area is 113 Å². The van der Waals surface area contributed by atoms with Gasteiger partial charge in [-0.2, -0.15) is 0 Å². The summed E-state index contributed by atoms with van der Waals surface area (Å²) in [5, 5.41) is 0. The largest absolute Gasteiger partial charge is 0.495 e. The van der Waals surface area contributed by atoms with E-state index in [0.717, 1.165) is 0 Å². The average molecular weight is 267 g/mol. The zero-order valence-corrected chi connectivity index (χ0v) is 11.9. The fourth-order valence-corrected chi connectivity index (χ4v) is 1.90. The normalized spacial score (nSPS) is 20.6. The Hall–Kier alpha value is -1.27. The van der Waals surface area contributed by atoms with E-state index in [1.807, 2.05) is 27.7 Å². The van der Waals surface area contributed by atoms with Crippen LogP contribution >= 0.6 is 0 Å². The van der Waals surface area contributed by atoms with Gasteiger partial charge in [0.1, 0.15) is 17.3 Å². The molecule has 1 fully saturated rings. The summed E-state index contributed by atoms with van der Waals surface area (Å²) in [4.78, 5) is 0. The first-order valence-electron chi connectivity index (χ1n) is 6.16. The topological polar surface area (TPSA) is 53.7 Å². The highest BCUT2D eigenvalue weighted by Gasteiger charge is 2.51. The van der Waals surface area contributed by atoms with Crippen molar-refractivity contribution in [3.63, 3.8) is 0 Å². The van der Waals surface area contributed by atoms with Crippen molar-refractivity contribution in [3.05, 3.63) is 17.9 Å². The lowest BCUT2D eigenvalue weighted by Crippen LogP contribution is -2.41. The molecule has 1 aliphatic heterocycles. The van der Waals surface area contributed by atoms with Crippen LogP contribution < -0.4 is 15.9 Å². The summed E-state index contributed by atoms with van der Waals surface area (Å²) in [6.45, 7) is 7.77. The fourth-order valence-electron chi connectivity index (χ4n) is 1.90. The van der Waals surface area contributed by atoms with Crippen molar-refractivity contribution in [1.29, 1.82) is 0 Å². The molecule has 2 N–H and O–H groups in total. The van der Waals surface area contributed by atoms with Crippen molar-refractivity contribution in [2.45, 2.75) is 38.9 Å². The first-order chi connectivity index (χ1) is 8.68. The van der Waals surface area contributed by atoms with Crippen molar-refractivity contribution in [1.82, 2.24) is 0 Å². The van der Waals surface area contributed by atoms with Crippen LogP contribution in [0, 0.1) is 5.82 Å². The third-order valence-corrected chi connectivity index (χ3v) is 3.86. The van der Waals surface area contributed by atoms with E-state index < -0.39 is 24.1 Å². The summed E-state index contributed by atoms with van der Waals surface area (Å²) in [7, 11) is 0.813. The van der Waals surface area contributed by atoms with E-state index in [9.17, 15) is 4.39 Å². The van der Waals surface area contributed by atoms with Crippen molar-refractivity contribution < 1.29 is 18.4 Å². The van der Waals surface area contributed by atoms with Gasteiger partial charge in [0.2, 0.25) is 0 Å². The van der Waals surface area contributed by atoms with Gasteiger partial charge in [0, 0.05) is 0 Å². The molecule has 0 saturated carbocycles. The molecule has 0 bridgehead atoms. The molecule has 1 aromatic carbocycles. The minimum absolute atomic E-state index is 0.0113. The van der Waals surface area contributed by atoms with Gasteiger partial charge in [-0.25, -0.2) is 4.39 Å². The predicted octanol–water partition coefficient (Wildman–Crippen LogP) is 1.72. The fraction of sp³-hybridized carbons (Fsp3) is 0.538. The third kappa shape index (κ3) is 2.30. The Bertz CT molecular complexity index is 489. The van der Waals surface area contributed by atoms with Gasteiger partial charge in [-0.1, -0.05) is 0 Å². The highest BCUT2D eigenvalue weighted by Crippen LogP contribution is 2.37. The Morgan fingerprint density at radius 2 is 1.68 bits per heavy atom. The molecular formula is C13H19BFNO3. The first kappa shape index (κ1) is 14.2. The van der Waals surface area contributed by atoms with Crippen LogP contribution in [-0.4, -0.2) is 25.4 Å². The highest BCUT2D eigenvalue weighted by molar-refractivity contribution is 6.62. The molecule has 0 unspecified atom stereocenters. The molecule has 4 nitrogen and oxygen atoms in total. The van der Waals surface area contributed by atoms with E-state index in [1.54, 1.807) is 6.07 Å². The standard InChI is InChI=1S/C13H19BFNO3/c1-12(2)13(3,4)19-14(18-12)8-6-9(15)11(16)10(7-8)17-5/h6-7H,16H2,1-5H3. The van der Waals surface area contributed by atoms with Crippen LogP contribution in [-0.2, 0) is 9.31 Å². The molecule has 1 aliphatic rings. The molecule has 0 radical (unpaired) electrons. The number of rotatable bonds is 2. The number of hydrogen-bond acceptors (Lipinski definition) is 4. The van der Waals surface area contributed by atoms with Crippen LogP contribution in [0.2, 0.25) is 0 Å². The maximum absolute atomic E-state index is 13.7. The van der Waals surface area contributed by atoms with Crippen molar-refractivity contribution in [3.8, 4) is 5.75 Å². The summed E-state index contributed by atoms with van der Waals surface area (Å²) >= 11 is 0. The quantitative estimate of drug-likeness (QED) is 0.654. The second-order valence-corrected chi connectivity index (χ2v) is 5.71. The summed E-state index contributed by atoms with van der Waals surface area (Å²) in [5.74, 6) is -0.256. The Morgan fingerprint density at radius 1 is 1.16 bits per heavy atom. The summed E-state index contributed by atoms with van der Waals surface area (Å²) in [6, 6.07) is 2.96. The van der Waals surface area contributed by atoms with E-state index in [0.29, 0.717) is 5.46 Å². The van der Waals surface area contributed by atoms with E-state index in [4.69, 9.17) is 19.8 Å². The lowest BCUT2D eigenvalue weighted by atomic mass is 9.79. The van der Waals surface area contributed by atoms with Gasteiger partial charge >= 0.3 is 7.12 Å². The Morgan fingerprint density at radius 3 is 2.16 bits per heavy atom. The maximum Gasteiger partial charge on any atom is 0.495 e. The lowest BCUT2D eigenvalue weighted by molar-refractivity contribution is 0.00578. The Balaban J connectivity index is 2.37. The molecule has 19 heavy (non-hydrogen) atoms. The molecule has 0 atom stereocenters. The molecular weight excluding hydrogens is 248 g/mol. The van der Waals surface area contributed by atoms with E-state index >= 15 is 0 Å². The van der Waals surface area contributed by atoms with Crippen molar-refractivity contribution in [2.75, 3.05) is 12.8 Å². The monoisotopic (exact) mass is 267 g/mol. The first-order valence-corrected chi connectivity index (χ1v) is 6.16. The van der Waals surface area contributed by atoms with Gasteiger partial charge in [-0.05, 0) is 45.3 Å². The number of halogens is 1. The molecule has 1 heterocycles. The number of hydrogen-bond donors (Lipinski definition) is 1. The number of nitrogen functional groups attached to an aromatic ring is 1. The van der Waals surface area contributed by atoms with Crippen LogP contribution in [0.1, 0.15) is 27.7 Å². The predicted molar refractivity (Wildman–Crippen MR) is 73.1 cm³/mol. The van der Waals surface area contributed by atoms with Crippen LogP contribution in [0.4, 0.5) is 10.1 Å². The zero-order chi connectivity index (χ0) is 14.4. The SMILES string of the molecule is COc1cc(B2OC(C)(C)C(C)(C)O2)cc(F)c1N. The summed E-state index contributed by atoms with van der Waals surface area (Å²) in [6.07, 6.45) is 0. The van der Waals surface area contributed by atoms with Crippen LogP contribution in [0.15, 0.2) is 12.1 Å². The maximum atomic E-state index is 13.7. The molecule has 6 heteroatoms. The summed E-state index contributed by atoms with van der Waals surface area (Å²) < 4.78 is 30.5. The molecule has 1 saturated heterocycles. The second-order valence-electron chi connectivity index (χ2n) is 5.71. The number of ether oxygens (including phenoxy) is 1. The number of methoxy groups -OCH3 is 1. The smallest absolute Gasteiger partial charge is 0.495 e. The summed E-state index contributed by atoms with van der Waals surface area (Å²) in [5.41, 5.74) is 5.19. The van der Waals surface area contributed by atoms with Gasteiger partial charge in [-0.15, -0.1) is 0 Å². The lowest BCUT2D eigenvalue weighted by Gasteiger charge is -2.32. The van der Waals surface area contributed by atoms with E-state index in [-0.39, 0.29) is 11.4 Å². The molecule has 104 valence electrons. The minimum atomic E-state index is -0.631. The van der Waals surface area contributed by atoms with Crippen LogP contribution in [0.5, 0.6) is 5.75 Å². The molecule has 2 rings (SSSR count). The van der Waals surface area contributed by atoms with Crippen LogP contribution in [0.25, 0.3) is 0 Å². The second kappa shape index (κ2) is 4.39. The van der Waals surface area contributed by atoms with Gasteiger partial charge in [0.25, 0.3) is 0 Å². The van der Waals surface area contributed by atoms with Crippen molar-refractivity contribution >= 4 is 18.3 Å². The van der Waals surface area contributed by atoms with E-state index in [1.165, 1.54) is 13.2 Å². The number of benzene rings is 1. The van der Waals surface area contributed by atoms with Gasteiger partial charge in [0.15, 0.2) is 0 Å². The molecule has 0 spiro atoms. The van der Waals surface area contributed by atoms with E-state index in [2.05, 4.69) is 0 Å².